The summed E-state index contributed by atoms with van der Waals surface area (Å²) in [5.74, 6) is -0.00315. The molecule has 0 saturated carbocycles. The molecule has 0 bridgehead atoms. The summed E-state index contributed by atoms with van der Waals surface area (Å²) >= 11 is 0. The fourth-order valence-electron chi connectivity index (χ4n) is 3.05. The molecule has 3 rings (SSSR count). The Morgan fingerprint density at radius 3 is 2.73 bits per heavy atom. The van der Waals surface area contributed by atoms with Crippen molar-refractivity contribution in [3.63, 3.8) is 0 Å². The van der Waals surface area contributed by atoms with Crippen molar-refractivity contribution in [2.24, 2.45) is 0 Å². The molecule has 1 aliphatic heterocycles. The van der Waals surface area contributed by atoms with Crippen molar-refractivity contribution in [2.75, 3.05) is 16.8 Å². The molecule has 0 saturated heterocycles. The van der Waals surface area contributed by atoms with Crippen molar-refractivity contribution in [1.82, 2.24) is 4.98 Å². The van der Waals surface area contributed by atoms with Crippen LogP contribution in [-0.4, -0.2) is 28.9 Å². The number of ether oxygens (including phenoxy) is 1. The highest BCUT2D eigenvalue weighted by Crippen LogP contribution is 2.36. The van der Waals surface area contributed by atoms with Gasteiger partial charge in [0.1, 0.15) is 0 Å². The highest BCUT2D eigenvalue weighted by molar-refractivity contribution is 6.19. The van der Waals surface area contributed by atoms with Gasteiger partial charge in [-0.1, -0.05) is 32.0 Å². The predicted octanol–water partition coefficient (Wildman–Crippen LogP) is 3.18. The molecule has 1 unspecified atom stereocenters. The minimum absolute atomic E-state index is 0.406. The van der Waals surface area contributed by atoms with Crippen LogP contribution in [0.25, 0.3) is 0 Å². The minimum Gasteiger partial charge on any atom is -0.464 e. The molecule has 0 radical (unpaired) electrons. The highest BCUT2D eigenvalue weighted by atomic mass is 16.5. The normalized spacial score (nSPS) is 18.9. The Kier molecular flexibility index (Phi) is 4.93. The molecule has 2 heterocycles. The number of fused-ring (bicyclic) bond motifs is 1. The fraction of sp³-hybridized carbons (Fsp3) is 0.350. The number of hydrogen-bond donors (Lipinski definition) is 1. The topological polar surface area (TPSA) is 71.5 Å². The van der Waals surface area contributed by atoms with Gasteiger partial charge in [-0.25, -0.2) is 4.98 Å². The third-order valence-electron chi connectivity index (χ3n) is 4.50. The zero-order valence-electron chi connectivity index (χ0n) is 15.3. The molecule has 0 fully saturated rings. The molecule has 2 aromatic rings. The van der Waals surface area contributed by atoms with Crippen LogP contribution in [0.3, 0.4) is 0 Å². The molecule has 26 heavy (non-hydrogen) atoms. The van der Waals surface area contributed by atoms with Crippen LogP contribution in [0.15, 0.2) is 42.6 Å². The predicted molar refractivity (Wildman–Crippen MR) is 100 cm³/mol. The number of benzene rings is 1. The van der Waals surface area contributed by atoms with Gasteiger partial charge in [-0.15, -0.1) is 0 Å². The van der Waals surface area contributed by atoms with Crippen molar-refractivity contribution >= 4 is 23.3 Å². The molecule has 2 amide bonds. The van der Waals surface area contributed by atoms with Gasteiger partial charge < -0.3 is 10.1 Å². The number of carbonyl (C=O) groups excluding carboxylic acids is 2. The summed E-state index contributed by atoms with van der Waals surface area (Å²) in [6.07, 6.45) is 3.13. The van der Waals surface area contributed by atoms with Gasteiger partial charge in [0.15, 0.2) is 11.6 Å². The Balaban J connectivity index is 1.95. The average Bonchev–Trinajstić information content (AvgIpc) is 2.66. The molecule has 0 aliphatic carbocycles. The van der Waals surface area contributed by atoms with E-state index in [2.05, 4.69) is 10.3 Å². The summed E-state index contributed by atoms with van der Waals surface area (Å²) in [4.78, 5) is 31.9. The molecule has 1 atom stereocenters. The number of amides is 2. The van der Waals surface area contributed by atoms with E-state index < -0.39 is 17.4 Å². The smallest absolute Gasteiger partial charge is 0.282 e. The van der Waals surface area contributed by atoms with E-state index in [1.54, 1.807) is 18.3 Å². The summed E-state index contributed by atoms with van der Waals surface area (Å²) < 4.78 is 5.85. The van der Waals surface area contributed by atoms with E-state index in [0.29, 0.717) is 23.8 Å². The van der Waals surface area contributed by atoms with E-state index in [9.17, 15) is 9.59 Å². The molecule has 136 valence electrons. The summed E-state index contributed by atoms with van der Waals surface area (Å²) in [5.41, 5.74) is 0.0447. The standard InChI is InChI=1S/C20H23N3O3/c1-4-13-23-17-16(11-8-12-21-17)26-20(3,19(23)25)18(24)22-15-10-7-6-9-14(15)5-2/h6-12H,4-5,13H2,1-3H3,(H,22,24). The number of nitrogens with zero attached hydrogens (tertiary/aromatic N) is 2. The summed E-state index contributed by atoms with van der Waals surface area (Å²) in [6.45, 7) is 5.97. The molecule has 1 aromatic heterocycles. The maximum atomic E-state index is 13.1. The number of aromatic nitrogens is 1. The molecular formula is C20H23N3O3. The van der Waals surface area contributed by atoms with Gasteiger partial charge in [-0.05, 0) is 43.5 Å². The Labute approximate surface area is 153 Å². The quantitative estimate of drug-likeness (QED) is 0.838. The summed E-state index contributed by atoms with van der Waals surface area (Å²) in [6, 6.07) is 11.0. The number of rotatable bonds is 5. The highest BCUT2D eigenvalue weighted by Gasteiger charge is 2.51. The van der Waals surface area contributed by atoms with Crippen molar-refractivity contribution < 1.29 is 14.3 Å². The first kappa shape index (κ1) is 17.9. The fourth-order valence-corrected chi connectivity index (χ4v) is 3.05. The van der Waals surface area contributed by atoms with Crippen LogP contribution in [0.1, 0.15) is 32.8 Å². The minimum atomic E-state index is -1.65. The van der Waals surface area contributed by atoms with Crippen molar-refractivity contribution in [1.29, 1.82) is 0 Å². The lowest BCUT2D eigenvalue weighted by Gasteiger charge is -2.38. The monoisotopic (exact) mass is 353 g/mol. The van der Waals surface area contributed by atoms with Gasteiger partial charge >= 0.3 is 0 Å². The molecule has 1 aromatic carbocycles. The maximum Gasteiger partial charge on any atom is 0.282 e. The van der Waals surface area contributed by atoms with Gasteiger partial charge in [-0.3, -0.25) is 14.5 Å². The zero-order valence-corrected chi connectivity index (χ0v) is 15.3. The lowest BCUT2D eigenvalue weighted by Crippen LogP contribution is -2.61. The number of nitrogens with one attached hydrogen (secondary N) is 1. The number of para-hydroxylation sites is 1. The Morgan fingerprint density at radius 1 is 1.23 bits per heavy atom. The lowest BCUT2D eigenvalue weighted by atomic mass is 10.00. The van der Waals surface area contributed by atoms with Crippen LogP contribution in [0, 0.1) is 0 Å². The molecule has 6 heteroatoms. The second-order valence-corrected chi connectivity index (χ2v) is 6.38. The van der Waals surface area contributed by atoms with Gasteiger partial charge in [0.25, 0.3) is 17.4 Å². The molecular weight excluding hydrogens is 330 g/mol. The van der Waals surface area contributed by atoms with Crippen LogP contribution in [0.2, 0.25) is 0 Å². The molecule has 6 nitrogen and oxygen atoms in total. The number of aryl methyl sites for hydroxylation is 1. The second kappa shape index (κ2) is 7.15. The first-order valence-electron chi connectivity index (χ1n) is 8.86. The van der Waals surface area contributed by atoms with E-state index in [1.165, 1.54) is 11.8 Å². The molecule has 1 aliphatic rings. The van der Waals surface area contributed by atoms with Crippen molar-refractivity contribution in [3.05, 3.63) is 48.2 Å². The molecule has 1 N–H and O–H groups in total. The van der Waals surface area contributed by atoms with Crippen LogP contribution >= 0.6 is 0 Å². The third kappa shape index (κ3) is 3.03. The SMILES string of the molecule is CCCN1C(=O)C(C)(C(=O)Nc2ccccc2CC)Oc2cccnc21. The van der Waals surface area contributed by atoms with Crippen molar-refractivity contribution in [2.45, 2.75) is 39.2 Å². The van der Waals surface area contributed by atoms with Crippen molar-refractivity contribution in [3.8, 4) is 5.75 Å². The van der Waals surface area contributed by atoms with E-state index in [-0.39, 0.29) is 0 Å². The summed E-state index contributed by atoms with van der Waals surface area (Å²) in [7, 11) is 0. The van der Waals surface area contributed by atoms with E-state index in [0.717, 1.165) is 18.4 Å². The lowest BCUT2D eigenvalue weighted by molar-refractivity contribution is -0.145. The molecule has 0 spiro atoms. The Morgan fingerprint density at radius 2 is 2.00 bits per heavy atom. The average molecular weight is 353 g/mol. The first-order valence-corrected chi connectivity index (χ1v) is 8.86. The Bertz CT molecular complexity index is 837. The third-order valence-corrected chi connectivity index (χ3v) is 4.50. The van der Waals surface area contributed by atoms with Crippen LogP contribution < -0.4 is 15.0 Å². The second-order valence-electron chi connectivity index (χ2n) is 6.38. The number of anilines is 2. The summed E-state index contributed by atoms with van der Waals surface area (Å²) in [5, 5.41) is 2.86. The largest absolute Gasteiger partial charge is 0.464 e. The number of carbonyl (C=O) groups is 2. The number of pyridine rings is 1. The Hall–Kier alpha value is -2.89. The van der Waals surface area contributed by atoms with Crippen LogP contribution in [0.4, 0.5) is 11.5 Å². The van der Waals surface area contributed by atoms with Gasteiger partial charge in [0.2, 0.25) is 0 Å². The van der Waals surface area contributed by atoms with Crippen LogP contribution in [0.5, 0.6) is 5.75 Å². The van der Waals surface area contributed by atoms with E-state index >= 15 is 0 Å². The van der Waals surface area contributed by atoms with E-state index in [4.69, 9.17) is 4.74 Å². The van der Waals surface area contributed by atoms with Gasteiger partial charge in [0.05, 0.1) is 0 Å². The van der Waals surface area contributed by atoms with Crippen LogP contribution in [-0.2, 0) is 16.0 Å². The first-order chi connectivity index (χ1) is 12.5. The van der Waals surface area contributed by atoms with E-state index in [1.807, 2.05) is 38.1 Å². The van der Waals surface area contributed by atoms with Gasteiger partial charge in [-0.2, -0.15) is 0 Å². The maximum absolute atomic E-state index is 13.1. The zero-order chi connectivity index (χ0) is 18.7. The number of hydrogen-bond acceptors (Lipinski definition) is 4. The van der Waals surface area contributed by atoms with Gasteiger partial charge in [0, 0.05) is 18.4 Å².